The Morgan fingerprint density at radius 3 is 3.08 bits per heavy atom. The van der Waals surface area contributed by atoms with Crippen LogP contribution in [-0.2, 0) is 7.05 Å². The number of aromatic nitrogens is 2. The molecule has 0 saturated carbocycles. The van der Waals surface area contributed by atoms with Crippen molar-refractivity contribution in [2.45, 2.75) is 0 Å². The summed E-state index contributed by atoms with van der Waals surface area (Å²) >= 11 is 3.98. The molecule has 1 amide bonds. The summed E-state index contributed by atoms with van der Waals surface area (Å²) in [6.07, 6.45) is 1.59. The van der Waals surface area contributed by atoms with Crippen molar-refractivity contribution in [1.29, 1.82) is 0 Å². The number of hydrogen-bond donors (Lipinski definition) is 2. The maximum absolute atomic E-state index is 11.3. The second kappa shape index (κ2) is 4.15. The number of rotatable bonds is 3. The van der Waals surface area contributed by atoms with Crippen molar-refractivity contribution in [1.82, 2.24) is 15.1 Å². The number of carbonyl (C=O) groups is 1. The Kier molecular flexibility index (Phi) is 3.16. The lowest BCUT2D eigenvalue weighted by Crippen LogP contribution is -2.27. The largest absolute Gasteiger partial charge is 0.350 e. The first kappa shape index (κ1) is 9.12. The molecule has 1 N–H and O–H groups in total. The molecule has 0 aliphatic heterocycles. The van der Waals surface area contributed by atoms with E-state index in [0.717, 1.165) is 0 Å². The van der Waals surface area contributed by atoms with Gasteiger partial charge in [-0.1, -0.05) is 0 Å². The number of carbonyl (C=O) groups excluding carboxylic acids is 1. The molecule has 1 rings (SSSR count). The van der Waals surface area contributed by atoms with Gasteiger partial charge in [-0.3, -0.25) is 9.48 Å². The molecule has 0 unspecified atom stereocenters. The molecule has 5 heteroatoms. The summed E-state index contributed by atoms with van der Waals surface area (Å²) in [4.78, 5) is 11.3. The molecule has 0 spiro atoms. The monoisotopic (exact) mass is 185 g/mol. The van der Waals surface area contributed by atoms with Crippen LogP contribution in [0.25, 0.3) is 0 Å². The standard InChI is InChI=1S/C7H11N3OS/c1-10-6(2-3-9-10)7(11)8-4-5-12/h2-3,12H,4-5H2,1H3,(H,8,11). The van der Waals surface area contributed by atoms with Crippen LogP contribution in [0.2, 0.25) is 0 Å². The zero-order valence-electron chi connectivity index (χ0n) is 6.82. The Balaban J connectivity index is 2.59. The van der Waals surface area contributed by atoms with Gasteiger partial charge in [0.25, 0.3) is 5.91 Å². The zero-order chi connectivity index (χ0) is 8.97. The highest BCUT2D eigenvalue weighted by molar-refractivity contribution is 7.80. The minimum atomic E-state index is -0.107. The van der Waals surface area contributed by atoms with Gasteiger partial charge >= 0.3 is 0 Å². The molecule has 0 radical (unpaired) electrons. The fourth-order valence-electron chi connectivity index (χ4n) is 0.857. The van der Waals surface area contributed by atoms with Crippen molar-refractivity contribution in [2.24, 2.45) is 7.05 Å². The van der Waals surface area contributed by atoms with Crippen LogP contribution >= 0.6 is 12.6 Å². The average molecular weight is 185 g/mol. The van der Waals surface area contributed by atoms with Crippen molar-refractivity contribution in [3.63, 3.8) is 0 Å². The summed E-state index contributed by atoms with van der Waals surface area (Å²) in [6.45, 7) is 0.577. The Morgan fingerprint density at radius 1 is 1.83 bits per heavy atom. The van der Waals surface area contributed by atoms with Gasteiger partial charge in [0.05, 0.1) is 0 Å². The van der Waals surface area contributed by atoms with E-state index >= 15 is 0 Å². The lowest BCUT2D eigenvalue weighted by Gasteiger charge is -2.02. The third kappa shape index (κ3) is 2.01. The molecular formula is C7H11N3OS. The lowest BCUT2D eigenvalue weighted by molar-refractivity contribution is 0.0947. The maximum atomic E-state index is 11.3. The SMILES string of the molecule is Cn1nccc1C(=O)NCCS. The Labute approximate surface area is 76.4 Å². The summed E-state index contributed by atoms with van der Waals surface area (Å²) in [7, 11) is 1.73. The third-order valence-electron chi connectivity index (χ3n) is 1.45. The van der Waals surface area contributed by atoms with Gasteiger partial charge < -0.3 is 5.32 Å². The van der Waals surface area contributed by atoms with Crippen molar-refractivity contribution >= 4 is 18.5 Å². The minimum Gasteiger partial charge on any atom is -0.350 e. The van der Waals surface area contributed by atoms with Gasteiger partial charge in [0, 0.05) is 25.5 Å². The number of hydrogen-bond acceptors (Lipinski definition) is 3. The Bertz CT molecular complexity index is 271. The topological polar surface area (TPSA) is 46.9 Å². The van der Waals surface area contributed by atoms with Gasteiger partial charge in [-0.15, -0.1) is 0 Å². The summed E-state index contributed by atoms with van der Waals surface area (Å²) in [6, 6.07) is 1.67. The fourth-order valence-corrected chi connectivity index (χ4v) is 0.968. The quantitative estimate of drug-likeness (QED) is 0.655. The molecule has 0 aliphatic carbocycles. The molecule has 1 aromatic rings. The number of aryl methyl sites for hydroxylation is 1. The zero-order valence-corrected chi connectivity index (χ0v) is 7.71. The normalized spacial score (nSPS) is 9.83. The number of thiol groups is 1. The first-order valence-electron chi connectivity index (χ1n) is 3.62. The maximum Gasteiger partial charge on any atom is 0.269 e. The third-order valence-corrected chi connectivity index (χ3v) is 1.67. The van der Waals surface area contributed by atoms with E-state index in [1.165, 1.54) is 4.68 Å². The van der Waals surface area contributed by atoms with Gasteiger partial charge in [0.15, 0.2) is 0 Å². The van der Waals surface area contributed by atoms with Gasteiger partial charge in [-0.25, -0.2) is 0 Å². The molecule has 0 atom stereocenters. The summed E-state index contributed by atoms with van der Waals surface area (Å²) < 4.78 is 1.54. The molecule has 0 saturated heterocycles. The molecule has 1 heterocycles. The first-order chi connectivity index (χ1) is 5.75. The van der Waals surface area contributed by atoms with Gasteiger partial charge in [-0.2, -0.15) is 17.7 Å². The smallest absolute Gasteiger partial charge is 0.269 e. The minimum absolute atomic E-state index is 0.107. The highest BCUT2D eigenvalue weighted by atomic mass is 32.1. The van der Waals surface area contributed by atoms with Crippen molar-refractivity contribution in [2.75, 3.05) is 12.3 Å². The summed E-state index contributed by atoms with van der Waals surface area (Å²) in [5.41, 5.74) is 0.566. The van der Waals surface area contributed by atoms with Crippen molar-refractivity contribution in [3.8, 4) is 0 Å². The van der Waals surface area contributed by atoms with Gasteiger partial charge in [-0.05, 0) is 6.07 Å². The highest BCUT2D eigenvalue weighted by Gasteiger charge is 2.07. The van der Waals surface area contributed by atoms with Crippen LogP contribution in [0.5, 0.6) is 0 Å². The molecule has 1 aromatic heterocycles. The van der Waals surface area contributed by atoms with Crippen LogP contribution < -0.4 is 5.32 Å². The molecule has 0 aromatic carbocycles. The molecule has 0 bridgehead atoms. The Morgan fingerprint density at radius 2 is 2.58 bits per heavy atom. The number of nitrogens with zero attached hydrogens (tertiary/aromatic N) is 2. The molecule has 0 aliphatic rings. The van der Waals surface area contributed by atoms with Gasteiger partial charge in [0.2, 0.25) is 0 Å². The van der Waals surface area contributed by atoms with Crippen LogP contribution in [0.4, 0.5) is 0 Å². The predicted octanol–water partition coefficient (Wildman–Crippen LogP) is 0.0797. The average Bonchev–Trinajstić information content (AvgIpc) is 2.47. The van der Waals surface area contributed by atoms with Crippen LogP contribution in [0.1, 0.15) is 10.5 Å². The second-order valence-corrected chi connectivity index (χ2v) is 2.77. The summed E-state index contributed by atoms with van der Waals surface area (Å²) in [5.74, 6) is 0.535. The van der Waals surface area contributed by atoms with Crippen LogP contribution in [0, 0.1) is 0 Å². The molecular weight excluding hydrogens is 174 g/mol. The molecule has 12 heavy (non-hydrogen) atoms. The van der Waals surface area contributed by atoms with E-state index < -0.39 is 0 Å². The van der Waals surface area contributed by atoms with E-state index in [1.807, 2.05) is 0 Å². The van der Waals surface area contributed by atoms with E-state index in [1.54, 1.807) is 19.3 Å². The van der Waals surface area contributed by atoms with E-state index in [9.17, 15) is 4.79 Å². The van der Waals surface area contributed by atoms with E-state index in [-0.39, 0.29) is 5.91 Å². The predicted molar refractivity (Wildman–Crippen MR) is 49.4 cm³/mol. The Hall–Kier alpha value is -0.970. The number of amides is 1. The summed E-state index contributed by atoms with van der Waals surface area (Å²) in [5, 5.41) is 6.58. The van der Waals surface area contributed by atoms with Crippen molar-refractivity contribution < 1.29 is 4.79 Å². The van der Waals surface area contributed by atoms with Crippen LogP contribution in [0.3, 0.4) is 0 Å². The molecule has 66 valence electrons. The van der Waals surface area contributed by atoms with E-state index in [0.29, 0.717) is 18.0 Å². The first-order valence-corrected chi connectivity index (χ1v) is 4.26. The van der Waals surface area contributed by atoms with Crippen molar-refractivity contribution in [3.05, 3.63) is 18.0 Å². The highest BCUT2D eigenvalue weighted by Crippen LogP contribution is 1.94. The molecule has 4 nitrogen and oxygen atoms in total. The van der Waals surface area contributed by atoms with Crippen LogP contribution in [0.15, 0.2) is 12.3 Å². The van der Waals surface area contributed by atoms with Gasteiger partial charge in [0.1, 0.15) is 5.69 Å². The molecule has 0 fully saturated rings. The fraction of sp³-hybridized carbons (Fsp3) is 0.429. The van der Waals surface area contributed by atoms with Crippen LogP contribution in [-0.4, -0.2) is 28.0 Å². The van der Waals surface area contributed by atoms with E-state index in [2.05, 4.69) is 23.0 Å². The number of nitrogens with one attached hydrogen (secondary N) is 1. The van der Waals surface area contributed by atoms with E-state index in [4.69, 9.17) is 0 Å². The lowest BCUT2D eigenvalue weighted by atomic mass is 10.4. The second-order valence-electron chi connectivity index (χ2n) is 2.32.